The Kier molecular flexibility index (Phi) is 11.5. The first-order chi connectivity index (χ1) is 19.5. The third-order valence-corrected chi connectivity index (χ3v) is 9.32. The summed E-state index contributed by atoms with van der Waals surface area (Å²) >= 11 is -0.696. The van der Waals surface area contributed by atoms with Crippen LogP contribution in [0.25, 0.3) is 0 Å². The number of aromatic amines is 1. The van der Waals surface area contributed by atoms with Crippen LogP contribution < -0.4 is 31.2 Å². The van der Waals surface area contributed by atoms with Crippen molar-refractivity contribution in [2.24, 2.45) is 5.92 Å². The predicted molar refractivity (Wildman–Crippen MR) is 155 cm³/mol. The average Bonchev–Trinajstić information content (AvgIpc) is 3.47. The van der Waals surface area contributed by atoms with Gasteiger partial charge in [0.25, 0.3) is 0 Å². The van der Waals surface area contributed by atoms with Gasteiger partial charge in [-0.1, -0.05) is 6.07 Å². The fourth-order valence-corrected chi connectivity index (χ4v) is 6.43. The summed E-state index contributed by atoms with van der Waals surface area (Å²) in [6, 6.07) is 5.89. The molecule has 3 rings (SSSR count). The maximum atomic E-state index is 13.7. The third-order valence-electron chi connectivity index (χ3n) is 6.92. The van der Waals surface area contributed by atoms with Crippen molar-refractivity contribution in [1.82, 2.24) is 36.6 Å². The van der Waals surface area contributed by atoms with E-state index in [4.69, 9.17) is 0 Å². The minimum absolute atomic E-state index is 0.0408. The van der Waals surface area contributed by atoms with Gasteiger partial charge in [-0.05, 0) is 0 Å². The molecule has 1 aromatic carbocycles. The van der Waals surface area contributed by atoms with Crippen LogP contribution in [0.3, 0.4) is 0 Å². The number of nitrogens with one attached hydrogen (secondary N) is 6. The van der Waals surface area contributed by atoms with Crippen LogP contribution in [0.15, 0.2) is 42.7 Å². The van der Waals surface area contributed by atoms with E-state index in [1.165, 1.54) is 0 Å². The van der Waals surface area contributed by atoms with Crippen LogP contribution in [0.5, 0.6) is 0 Å². The number of hydrogen-bond acceptors (Lipinski definition) is 6. The van der Waals surface area contributed by atoms with Gasteiger partial charge >= 0.3 is 241 Å². The summed E-state index contributed by atoms with van der Waals surface area (Å²) in [6.07, 6.45) is 4.07. The van der Waals surface area contributed by atoms with Crippen molar-refractivity contribution < 1.29 is 24.0 Å². The van der Waals surface area contributed by atoms with Gasteiger partial charge in [-0.2, -0.15) is 0 Å². The number of carbonyl (C=O) groups is 5. The van der Waals surface area contributed by atoms with Crippen molar-refractivity contribution in [2.45, 2.75) is 75.8 Å². The summed E-state index contributed by atoms with van der Waals surface area (Å²) < 4.78 is 0.875. The van der Waals surface area contributed by atoms with Gasteiger partial charge in [-0.3, -0.25) is 0 Å². The van der Waals surface area contributed by atoms with Crippen LogP contribution >= 0.6 is 0 Å². The molecule has 41 heavy (non-hydrogen) atoms. The molecule has 13 heteroatoms. The second kappa shape index (κ2) is 14.8. The molecule has 2 heterocycles. The van der Waals surface area contributed by atoms with E-state index >= 15 is 0 Å². The molecule has 12 nitrogen and oxygen atoms in total. The van der Waals surface area contributed by atoms with Crippen molar-refractivity contribution >= 4 is 49.9 Å². The van der Waals surface area contributed by atoms with E-state index in [-0.39, 0.29) is 31.2 Å². The fraction of sp³-hybridized carbons (Fsp3) is 0.500. The molecular weight excluding hydrogens is 589 g/mol. The first-order valence-electron chi connectivity index (χ1n) is 13.8. The van der Waals surface area contributed by atoms with E-state index in [2.05, 4.69) is 36.6 Å². The molecule has 1 saturated heterocycles. The van der Waals surface area contributed by atoms with Gasteiger partial charge < -0.3 is 0 Å². The zero-order valence-electron chi connectivity index (χ0n) is 23.9. The van der Waals surface area contributed by atoms with Gasteiger partial charge in [0.2, 0.25) is 0 Å². The Balaban J connectivity index is 1.93. The van der Waals surface area contributed by atoms with Gasteiger partial charge in [-0.25, -0.2) is 0 Å². The van der Waals surface area contributed by atoms with Crippen molar-refractivity contribution in [3.8, 4) is 0 Å². The van der Waals surface area contributed by atoms with Crippen LogP contribution in [-0.4, -0.2) is 79.4 Å². The molecule has 1 aliphatic heterocycles. The van der Waals surface area contributed by atoms with E-state index in [1.807, 2.05) is 0 Å². The molecule has 1 unspecified atom stereocenters. The molecule has 1 aliphatic rings. The Morgan fingerprint density at radius 3 is 2.39 bits per heavy atom. The van der Waals surface area contributed by atoms with Crippen molar-refractivity contribution in [1.29, 1.82) is 0 Å². The van der Waals surface area contributed by atoms with E-state index < -0.39 is 63.0 Å². The third kappa shape index (κ3) is 8.91. The topological polar surface area (TPSA) is 174 Å². The molecule has 1 aromatic heterocycles. The van der Waals surface area contributed by atoms with Crippen LogP contribution in [0, 0.1) is 5.92 Å². The minimum atomic E-state index is -1.41. The Bertz CT molecular complexity index is 1210. The fourth-order valence-electron chi connectivity index (χ4n) is 4.28. The van der Waals surface area contributed by atoms with Crippen molar-refractivity contribution in [2.75, 3.05) is 6.54 Å². The number of hydrogen-bond donors (Lipinski definition) is 6. The summed E-state index contributed by atoms with van der Waals surface area (Å²) in [4.78, 5) is 73.8. The summed E-state index contributed by atoms with van der Waals surface area (Å²) in [5.41, 5.74) is -0.843. The number of benzene rings is 1. The quantitative estimate of drug-likeness (QED) is 0.216. The SMILES string of the molecule is CC[C@@H]1NC(=O)[C@H](CC[AsH]c2ncc[nH]2)NC(=O)[C@](C)(NC(=O)C(C)C)CCNC(=O)[C@@H](c2ccccc2)NC1=O. The number of aromatic nitrogens is 2. The van der Waals surface area contributed by atoms with Gasteiger partial charge in [0, 0.05) is 0 Å². The molecule has 0 aliphatic carbocycles. The number of amides is 5. The Morgan fingerprint density at radius 1 is 1.05 bits per heavy atom. The number of rotatable bonds is 8. The molecule has 0 radical (unpaired) electrons. The Labute approximate surface area is 246 Å². The predicted octanol–water partition coefficient (Wildman–Crippen LogP) is -0.432. The van der Waals surface area contributed by atoms with Crippen molar-refractivity contribution in [3.05, 3.63) is 48.3 Å². The molecule has 222 valence electrons. The summed E-state index contributed by atoms with van der Waals surface area (Å²) in [5.74, 6) is -2.76. The zero-order chi connectivity index (χ0) is 30.0. The van der Waals surface area contributed by atoms with Crippen LogP contribution in [0.2, 0.25) is 5.21 Å². The summed E-state index contributed by atoms with van der Waals surface area (Å²) in [6.45, 7) is 6.81. The first-order valence-corrected chi connectivity index (χ1v) is 16.4. The van der Waals surface area contributed by atoms with E-state index in [1.54, 1.807) is 70.4 Å². The molecule has 2 aromatic rings. The molecule has 6 N–H and O–H groups in total. The van der Waals surface area contributed by atoms with Crippen LogP contribution in [0.4, 0.5) is 0 Å². The van der Waals surface area contributed by atoms with E-state index in [0.717, 1.165) is 4.61 Å². The van der Waals surface area contributed by atoms with Crippen molar-refractivity contribution in [3.63, 3.8) is 0 Å². The molecule has 0 spiro atoms. The zero-order valence-corrected chi connectivity index (χ0v) is 26.0. The molecular formula is C28H40AsN7O5. The monoisotopic (exact) mass is 629 g/mol. The van der Waals surface area contributed by atoms with E-state index in [0.29, 0.717) is 17.2 Å². The Hall–Kier alpha value is -3.66. The second-order valence-corrected chi connectivity index (χ2v) is 13.3. The molecule has 1 fully saturated rings. The molecule has 0 bridgehead atoms. The van der Waals surface area contributed by atoms with Gasteiger partial charge in [-0.15, -0.1) is 0 Å². The number of carbonyl (C=O) groups excluding carboxylic acids is 5. The van der Waals surface area contributed by atoms with Gasteiger partial charge in [0.05, 0.1) is 0 Å². The van der Waals surface area contributed by atoms with Gasteiger partial charge in [0.15, 0.2) is 0 Å². The number of nitrogens with zero attached hydrogens (tertiary/aromatic N) is 1. The summed E-state index contributed by atoms with van der Waals surface area (Å²) in [5, 5.41) is 14.6. The second-order valence-electron chi connectivity index (χ2n) is 10.5. The standard InChI is InChI=1S/C28H40AsN7O5/c1-5-19-23(38)35-21(18-9-7-6-8-10-18)25(40)30-14-12-28(4,36-22(37)17(2)3)26(41)34-20(24(39)33-19)11-13-29-27-31-15-16-32-27/h6-10,15-17,19-21,29H,5,11-14H2,1-4H3,(H,30,40)(H,31,32)(H,33,39)(H,34,41)(H,35,38)(H,36,37)/t19-,20-,21+,28+/m0/s1. The first kappa shape index (κ1) is 31.9. The molecule has 5 amide bonds. The van der Waals surface area contributed by atoms with Crippen LogP contribution in [-0.2, 0) is 24.0 Å². The van der Waals surface area contributed by atoms with Gasteiger partial charge in [0.1, 0.15) is 0 Å². The molecule has 0 saturated carbocycles. The number of H-pyrrole nitrogens is 1. The normalized spacial score (nSPS) is 24.8. The maximum absolute atomic E-state index is 13.7. The number of imidazole rings is 1. The van der Waals surface area contributed by atoms with Crippen LogP contribution in [0.1, 0.15) is 58.6 Å². The van der Waals surface area contributed by atoms with E-state index in [9.17, 15) is 24.0 Å². The molecule has 5 atom stereocenters. The summed E-state index contributed by atoms with van der Waals surface area (Å²) in [7, 11) is 0. The average molecular weight is 630 g/mol. The Morgan fingerprint density at radius 2 is 1.76 bits per heavy atom.